The van der Waals surface area contributed by atoms with E-state index in [1.54, 1.807) is 0 Å². The summed E-state index contributed by atoms with van der Waals surface area (Å²) in [6.45, 7) is 2.05. The van der Waals surface area contributed by atoms with Crippen LogP contribution in [0.3, 0.4) is 0 Å². The minimum Gasteiger partial charge on any atom is -0.342 e. The summed E-state index contributed by atoms with van der Waals surface area (Å²) in [4.78, 5) is 14.1. The number of nitrogens with zero attached hydrogens (tertiary/aromatic N) is 1. The van der Waals surface area contributed by atoms with Gasteiger partial charge in [0.05, 0.1) is 0 Å². The molecular weight excluding hydrogens is 289 g/mol. The number of hydrogen-bond acceptors (Lipinski definition) is 1. The number of likely N-dealkylation sites (tertiary alicyclic amines) is 1. The van der Waals surface area contributed by atoms with Gasteiger partial charge in [-0.1, -0.05) is 35.4 Å². The van der Waals surface area contributed by atoms with Crippen molar-refractivity contribution in [1.29, 1.82) is 0 Å². The molecule has 14 heavy (non-hydrogen) atoms. The third-order valence-electron chi connectivity index (χ3n) is 3.55. The van der Waals surface area contributed by atoms with E-state index in [2.05, 4.69) is 27.5 Å². The Labute approximate surface area is 99.6 Å². The summed E-state index contributed by atoms with van der Waals surface area (Å²) in [5.41, 5.74) is 0. The molecule has 0 radical (unpaired) electrons. The third-order valence-corrected chi connectivity index (χ3v) is 4.32. The van der Waals surface area contributed by atoms with Gasteiger partial charge < -0.3 is 4.90 Å². The summed E-state index contributed by atoms with van der Waals surface area (Å²) < 4.78 is 1.16. The van der Waals surface area contributed by atoms with Gasteiger partial charge in [-0.15, -0.1) is 0 Å². The largest absolute Gasteiger partial charge is 0.342 e. The minimum atomic E-state index is 0.401. The lowest BCUT2D eigenvalue weighted by Crippen LogP contribution is -2.28. The monoisotopic (exact) mass is 307 g/mol. The molecule has 0 N–H and O–H groups in total. The number of hydrogen-bond donors (Lipinski definition) is 0. The van der Waals surface area contributed by atoms with Gasteiger partial charge in [0.25, 0.3) is 0 Å². The molecule has 2 fully saturated rings. The predicted molar refractivity (Wildman–Crippen MR) is 65.5 cm³/mol. The Morgan fingerprint density at radius 3 is 2.86 bits per heavy atom. The first-order valence-corrected chi connectivity index (χ1v) is 7.20. The van der Waals surface area contributed by atoms with E-state index >= 15 is 0 Å². The number of rotatable bonds is 3. The molecule has 0 aromatic carbocycles. The lowest BCUT2D eigenvalue weighted by molar-refractivity contribution is -0.131. The van der Waals surface area contributed by atoms with Gasteiger partial charge in [-0.3, -0.25) is 4.79 Å². The van der Waals surface area contributed by atoms with Crippen molar-refractivity contribution >= 4 is 28.5 Å². The molecule has 3 heteroatoms. The first-order chi connectivity index (χ1) is 6.83. The van der Waals surface area contributed by atoms with Crippen molar-refractivity contribution < 1.29 is 4.79 Å². The summed E-state index contributed by atoms with van der Waals surface area (Å²) in [5, 5.41) is 0. The maximum absolute atomic E-state index is 12.0. The van der Waals surface area contributed by atoms with Crippen LogP contribution in [-0.2, 0) is 4.79 Å². The molecule has 0 aromatic heterocycles. The second kappa shape index (κ2) is 4.81. The third kappa shape index (κ3) is 2.07. The fourth-order valence-corrected chi connectivity index (χ4v) is 3.15. The SMILES string of the molecule is O=C1C2CCCCC2CN1CCCI. The summed E-state index contributed by atoms with van der Waals surface area (Å²) >= 11 is 2.38. The lowest BCUT2D eigenvalue weighted by Gasteiger charge is -2.21. The van der Waals surface area contributed by atoms with E-state index in [0.717, 1.165) is 30.4 Å². The van der Waals surface area contributed by atoms with Gasteiger partial charge in [-0.2, -0.15) is 0 Å². The van der Waals surface area contributed by atoms with Gasteiger partial charge in [-0.05, 0) is 25.2 Å². The zero-order valence-electron chi connectivity index (χ0n) is 8.54. The van der Waals surface area contributed by atoms with Crippen molar-refractivity contribution in [3.05, 3.63) is 0 Å². The maximum atomic E-state index is 12.0. The molecule has 2 nitrogen and oxygen atoms in total. The molecular formula is C11H18INO. The molecule has 80 valence electrons. The van der Waals surface area contributed by atoms with Crippen LogP contribution >= 0.6 is 22.6 Å². The molecule has 1 aliphatic heterocycles. The van der Waals surface area contributed by atoms with Crippen LogP contribution in [0.25, 0.3) is 0 Å². The Hall–Kier alpha value is 0.200. The fourth-order valence-electron chi connectivity index (χ4n) is 2.81. The Morgan fingerprint density at radius 2 is 2.14 bits per heavy atom. The smallest absolute Gasteiger partial charge is 0.226 e. The van der Waals surface area contributed by atoms with Gasteiger partial charge in [0.2, 0.25) is 5.91 Å². The maximum Gasteiger partial charge on any atom is 0.226 e. The van der Waals surface area contributed by atoms with Gasteiger partial charge in [0, 0.05) is 23.4 Å². The van der Waals surface area contributed by atoms with Crippen molar-refractivity contribution in [2.24, 2.45) is 11.8 Å². The number of carbonyl (C=O) groups excluding carboxylic acids is 1. The number of alkyl halides is 1. The average molecular weight is 307 g/mol. The molecule has 1 saturated carbocycles. The molecule has 0 bridgehead atoms. The van der Waals surface area contributed by atoms with Crippen LogP contribution in [0.1, 0.15) is 32.1 Å². The van der Waals surface area contributed by atoms with Gasteiger partial charge in [-0.25, -0.2) is 0 Å². The Morgan fingerprint density at radius 1 is 1.36 bits per heavy atom. The first kappa shape index (κ1) is 10.7. The predicted octanol–water partition coefficient (Wildman–Crippen LogP) is 2.46. The molecule has 2 aliphatic rings. The zero-order chi connectivity index (χ0) is 9.97. The number of amides is 1. The Balaban J connectivity index is 1.92. The van der Waals surface area contributed by atoms with Crippen LogP contribution in [0.5, 0.6) is 0 Å². The first-order valence-electron chi connectivity index (χ1n) is 5.67. The molecule has 0 aromatic rings. The van der Waals surface area contributed by atoms with Gasteiger partial charge >= 0.3 is 0 Å². The van der Waals surface area contributed by atoms with E-state index in [1.165, 1.54) is 19.3 Å². The van der Waals surface area contributed by atoms with E-state index in [9.17, 15) is 4.79 Å². The Bertz CT molecular complexity index is 219. The standard InChI is InChI=1S/C11H18INO/c12-6-3-7-13-8-9-4-1-2-5-10(9)11(13)14/h9-10H,1-8H2. The molecule has 2 atom stereocenters. The molecule has 0 spiro atoms. The van der Waals surface area contributed by atoms with E-state index in [0.29, 0.717) is 17.7 Å². The molecule has 2 rings (SSSR count). The molecule has 2 unspecified atom stereocenters. The lowest BCUT2D eigenvalue weighted by atomic mass is 9.81. The molecule has 1 heterocycles. The number of halogens is 1. The second-order valence-electron chi connectivity index (χ2n) is 4.48. The minimum absolute atomic E-state index is 0.401. The highest BCUT2D eigenvalue weighted by molar-refractivity contribution is 14.1. The topological polar surface area (TPSA) is 20.3 Å². The highest BCUT2D eigenvalue weighted by Gasteiger charge is 2.40. The second-order valence-corrected chi connectivity index (χ2v) is 5.56. The molecule has 1 saturated heterocycles. The summed E-state index contributed by atoms with van der Waals surface area (Å²) in [5.74, 6) is 1.56. The van der Waals surface area contributed by atoms with Gasteiger partial charge in [0.1, 0.15) is 0 Å². The number of carbonyl (C=O) groups is 1. The zero-order valence-corrected chi connectivity index (χ0v) is 10.7. The highest BCUT2D eigenvalue weighted by atomic mass is 127. The van der Waals surface area contributed by atoms with Crippen LogP contribution in [-0.4, -0.2) is 28.3 Å². The van der Waals surface area contributed by atoms with Gasteiger partial charge in [0.15, 0.2) is 0 Å². The molecule has 1 amide bonds. The van der Waals surface area contributed by atoms with Crippen molar-refractivity contribution in [3.8, 4) is 0 Å². The van der Waals surface area contributed by atoms with Crippen molar-refractivity contribution in [3.63, 3.8) is 0 Å². The normalized spacial score (nSPS) is 32.1. The summed E-state index contributed by atoms with van der Waals surface area (Å²) in [6, 6.07) is 0. The van der Waals surface area contributed by atoms with Crippen LogP contribution in [0, 0.1) is 11.8 Å². The van der Waals surface area contributed by atoms with E-state index < -0.39 is 0 Å². The van der Waals surface area contributed by atoms with Crippen LogP contribution < -0.4 is 0 Å². The van der Waals surface area contributed by atoms with Crippen LogP contribution in [0.2, 0.25) is 0 Å². The van der Waals surface area contributed by atoms with Crippen molar-refractivity contribution in [2.45, 2.75) is 32.1 Å². The summed E-state index contributed by atoms with van der Waals surface area (Å²) in [7, 11) is 0. The van der Waals surface area contributed by atoms with Crippen LogP contribution in [0.4, 0.5) is 0 Å². The van der Waals surface area contributed by atoms with E-state index in [1.807, 2.05) is 0 Å². The average Bonchev–Trinajstić information content (AvgIpc) is 2.54. The van der Waals surface area contributed by atoms with Crippen LogP contribution in [0.15, 0.2) is 0 Å². The highest BCUT2D eigenvalue weighted by Crippen LogP contribution is 2.36. The molecule has 1 aliphatic carbocycles. The fraction of sp³-hybridized carbons (Fsp3) is 0.909. The number of fused-ring (bicyclic) bond motifs is 1. The van der Waals surface area contributed by atoms with Crippen molar-refractivity contribution in [2.75, 3.05) is 17.5 Å². The van der Waals surface area contributed by atoms with Crippen molar-refractivity contribution in [1.82, 2.24) is 4.90 Å². The van der Waals surface area contributed by atoms with E-state index in [4.69, 9.17) is 0 Å². The Kier molecular flexibility index (Phi) is 3.68. The summed E-state index contributed by atoms with van der Waals surface area (Å²) in [6.07, 6.45) is 6.22. The van der Waals surface area contributed by atoms with E-state index in [-0.39, 0.29) is 0 Å². The quantitative estimate of drug-likeness (QED) is 0.579.